The first kappa shape index (κ1) is 10.4. The summed E-state index contributed by atoms with van der Waals surface area (Å²) < 4.78 is 29.9. The smallest absolute Gasteiger partial charge is 0.273 e. The quantitative estimate of drug-likeness (QED) is 0.403. The standard InChI is InChI=1S/C3H7Cl2NO3S/c4-2-1-3(5)6-10(7,8)9/h3,6H,1-2H2,(H,7,8,9). The first-order chi connectivity index (χ1) is 4.45. The zero-order chi connectivity index (χ0) is 8.20. The van der Waals surface area contributed by atoms with E-state index in [1.807, 2.05) is 0 Å². The van der Waals surface area contributed by atoms with Crippen LogP contribution in [-0.4, -0.2) is 24.4 Å². The van der Waals surface area contributed by atoms with Crippen LogP contribution in [0.2, 0.25) is 0 Å². The third-order valence-corrected chi connectivity index (χ3v) is 1.90. The number of rotatable bonds is 4. The number of alkyl halides is 2. The van der Waals surface area contributed by atoms with E-state index in [-0.39, 0.29) is 12.3 Å². The third-order valence-electron chi connectivity index (χ3n) is 0.639. The van der Waals surface area contributed by atoms with Crippen molar-refractivity contribution in [2.75, 3.05) is 5.88 Å². The summed E-state index contributed by atoms with van der Waals surface area (Å²) in [6, 6.07) is 0. The van der Waals surface area contributed by atoms with Gasteiger partial charge in [0.1, 0.15) is 0 Å². The van der Waals surface area contributed by atoms with E-state index in [0.717, 1.165) is 0 Å². The van der Waals surface area contributed by atoms with E-state index in [1.54, 1.807) is 4.72 Å². The van der Waals surface area contributed by atoms with Crippen molar-refractivity contribution in [3.05, 3.63) is 0 Å². The predicted molar refractivity (Wildman–Crippen MR) is 39.7 cm³/mol. The molecule has 0 aliphatic heterocycles. The van der Waals surface area contributed by atoms with Gasteiger partial charge in [-0.3, -0.25) is 4.55 Å². The summed E-state index contributed by atoms with van der Waals surface area (Å²) in [5, 5.41) is 0. The molecule has 0 radical (unpaired) electrons. The van der Waals surface area contributed by atoms with E-state index in [4.69, 9.17) is 27.8 Å². The molecular weight excluding hydrogens is 201 g/mol. The fourth-order valence-electron chi connectivity index (χ4n) is 0.316. The molecule has 0 saturated carbocycles. The second-order valence-electron chi connectivity index (χ2n) is 1.54. The maximum absolute atomic E-state index is 10.0. The van der Waals surface area contributed by atoms with E-state index in [9.17, 15) is 8.42 Å². The average molecular weight is 208 g/mol. The first-order valence-corrected chi connectivity index (χ1v) is 4.81. The molecule has 0 aliphatic rings. The summed E-state index contributed by atoms with van der Waals surface area (Å²) in [6.07, 6.45) is 0.267. The van der Waals surface area contributed by atoms with Gasteiger partial charge in [0.2, 0.25) is 0 Å². The minimum Gasteiger partial charge on any atom is -0.273 e. The Morgan fingerprint density at radius 1 is 1.60 bits per heavy atom. The molecule has 4 nitrogen and oxygen atoms in total. The van der Waals surface area contributed by atoms with Crippen LogP contribution in [0.25, 0.3) is 0 Å². The first-order valence-electron chi connectivity index (χ1n) is 2.40. The number of halogens is 2. The zero-order valence-electron chi connectivity index (χ0n) is 4.92. The van der Waals surface area contributed by atoms with Crippen LogP contribution in [0.1, 0.15) is 6.42 Å². The fraction of sp³-hybridized carbons (Fsp3) is 1.00. The molecule has 0 heterocycles. The van der Waals surface area contributed by atoms with Crippen molar-refractivity contribution in [2.24, 2.45) is 0 Å². The van der Waals surface area contributed by atoms with Gasteiger partial charge in [0, 0.05) is 5.88 Å². The topological polar surface area (TPSA) is 66.4 Å². The van der Waals surface area contributed by atoms with Gasteiger partial charge in [-0.15, -0.1) is 23.2 Å². The summed E-state index contributed by atoms with van der Waals surface area (Å²) >= 11 is 10.6. The van der Waals surface area contributed by atoms with E-state index >= 15 is 0 Å². The van der Waals surface area contributed by atoms with Crippen molar-refractivity contribution in [1.29, 1.82) is 0 Å². The second kappa shape index (κ2) is 4.35. The molecule has 0 amide bonds. The van der Waals surface area contributed by atoms with Crippen LogP contribution in [-0.2, 0) is 10.3 Å². The van der Waals surface area contributed by atoms with E-state index in [2.05, 4.69) is 0 Å². The lowest BCUT2D eigenvalue weighted by Crippen LogP contribution is -2.30. The maximum atomic E-state index is 10.0. The van der Waals surface area contributed by atoms with E-state index < -0.39 is 15.8 Å². The van der Waals surface area contributed by atoms with Gasteiger partial charge < -0.3 is 0 Å². The predicted octanol–water partition coefficient (Wildman–Crippen LogP) is 0.573. The van der Waals surface area contributed by atoms with Crippen LogP contribution >= 0.6 is 23.2 Å². The average Bonchev–Trinajstić information content (AvgIpc) is 1.59. The SMILES string of the molecule is O=S(=O)(O)NC(Cl)CCCl. The van der Waals surface area contributed by atoms with Crippen LogP contribution in [0.5, 0.6) is 0 Å². The van der Waals surface area contributed by atoms with E-state index in [1.165, 1.54) is 0 Å². The Hall–Kier alpha value is 0.450. The van der Waals surface area contributed by atoms with Crippen LogP contribution in [0.3, 0.4) is 0 Å². The Balaban J connectivity index is 3.69. The molecular formula is C3H7Cl2NO3S. The molecule has 1 atom stereocenters. The molecule has 0 rings (SSSR count). The molecule has 62 valence electrons. The van der Waals surface area contributed by atoms with E-state index in [0.29, 0.717) is 0 Å². The number of hydrogen-bond donors (Lipinski definition) is 2. The molecule has 0 spiro atoms. The van der Waals surface area contributed by atoms with Crippen LogP contribution in [0.4, 0.5) is 0 Å². The van der Waals surface area contributed by atoms with Gasteiger partial charge in [0.05, 0.1) is 5.50 Å². The molecule has 2 N–H and O–H groups in total. The van der Waals surface area contributed by atoms with Crippen molar-refractivity contribution in [3.8, 4) is 0 Å². The van der Waals surface area contributed by atoms with Gasteiger partial charge in [-0.2, -0.15) is 13.1 Å². The highest BCUT2D eigenvalue weighted by atomic mass is 35.5. The molecule has 0 aliphatic carbocycles. The monoisotopic (exact) mass is 207 g/mol. The lowest BCUT2D eigenvalue weighted by Gasteiger charge is -2.05. The normalized spacial score (nSPS) is 15.1. The lowest BCUT2D eigenvalue weighted by atomic mass is 10.5. The highest BCUT2D eigenvalue weighted by Gasteiger charge is 2.10. The highest BCUT2D eigenvalue weighted by molar-refractivity contribution is 7.83. The van der Waals surface area contributed by atoms with Gasteiger partial charge in [0.15, 0.2) is 0 Å². The largest absolute Gasteiger partial charge is 0.334 e. The van der Waals surface area contributed by atoms with Gasteiger partial charge in [-0.1, -0.05) is 0 Å². The van der Waals surface area contributed by atoms with Gasteiger partial charge in [-0.05, 0) is 6.42 Å². The van der Waals surface area contributed by atoms with Crippen molar-refractivity contribution in [2.45, 2.75) is 11.9 Å². The minimum atomic E-state index is -4.19. The molecule has 0 aromatic rings. The van der Waals surface area contributed by atoms with Crippen LogP contribution in [0.15, 0.2) is 0 Å². The molecule has 10 heavy (non-hydrogen) atoms. The van der Waals surface area contributed by atoms with Crippen molar-refractivity contribution in [3.63, 3.8) is 0 Å². The summed E-state index contributed by atoms with van der Waals surface area (Å²) in [6.45, 7) is 0. The molecule has 0 fully saturated rings. The Morgan fingerprint density at radius 2 is 2.10 bits per heavy atom. The van der Waals surface area contributed by atoms with Crippen LogP contribution < -0.4 is 4.72 Å². The summed E-state index contributed by atoms with van der Waals surface area (Å²) in [5.41, 5.74) is -0.840. The molecule has 1 unspecified atom stereocenters. The zero-order valence-corrected chi connectivity index (χ0v) is 7.25. The fourth-order valence-corrected chi connectivity index (χ4v) is 1.53. The van der Waals surface area contributed by atoms with Crippen LogP contribution in [0, 0.1) is 0 Å². The molecule has 0 bridgehead atoms. The van der Waals surface area contributed by atoms with Gasteiger partial charge >= 0.3 is 10.3 Å². The Kier molecular flexibility index (Phi) is 4.55. The van der Waals surface area contributed by atoms with Gasteiger partial charge in [0.25, 0.3) is 0 Å². The Labute approximate surface area is 69.4 Å². The Morgan fingerprint density at radius 3 is 2.40 bits per heavy atom. The molecule has 0 saturated heterocycles. The highest BCUT2D eigenvalue weighted by Crippen LogP contribution is 2.00. The second-order valence-corrected chi connectivity index (χ2v) is 3.63. The van der Waals surface area contributed by atoms with Crippen molar-refractivity contribution in [1.82, 2.24) is 4.72 Å². The summed E-state index contributed by atoms with van der Waals surface area (Å²) in [5.74, 6) is 0.233. The summed E-state index contributed by atoms with van der Waals surface area (Å²) in [4.78, 5) is 0. The minimum absolute atomic E-state index is 0.233. The lowest BCUT2D eigenvalue weighted by molar-refractivity contribution is 0.464. The number of hydrogen-bond acceptors (Lipinski definition) is 2. The molecule has 7 heteroatoms. The van der Waals surface area contributed by atoms with Gasteiger partial charge in [-0.25, -0.2) is 0 Å². The van der Waals surface area contributed by atoms with Crippen molar-refractivity contribution >= 4 is 33.5 Å². The molecule has 0 aromatic carbocycles. The maximum Gasteiger partial charge on any atom is 0.334 e. The number of nitrogens with one attached hydrogen (secondary N) is 1. The third kappa shape index (κ3) is 6.57. The molecule has 0 aromatic heterocycles. The van der Waals surface area contributed by atoms with Crippen molar-refractivity contribution < 1.29 is 13.0 Å². The summed E-state index contributed by atoms with van der Waals surface area (Å²) in [7, 11) is -4.19. The Bertz CT molecular complexity index is 180.